The largest absolute Gasteiger partial charge is 0.360 e. The van der Waals surface area contributed by atoms with E-state index in [9.17, 15) is 0 Å². The minimum atomic E-state index is 0.341. The maximum Gasteiger partial charge on any atom is 0.245 e. The molecule has 20 heavy (non-hydrogen) atoms. The van der Waals surface area contributed by atoms with Gasteiger partial charge in [0.25, 0.3) is 0 Å². The fourth-order valence-corrected chi connectivity index (χ4v) is 1.85. The van der Waals surface area contributed by atoms with Crippen molar-refractivity contribution in [3.8, 4) is 0 Å². The zero-order valence-electron chi connectivity index (χ0n) is 10.8. The van der Waals surface area contributed by atoms with Gasteiger partial charge in [0, 0.05) is 5.39 Å². The number of aryl methyl sites for hydroxylation is 1. The first-order chi connectivity index (χ1) is 9.76. The quantitative estimate of drug-likeness (QED) is 0.479. The number of nitrogens with two attached hydrogens (primary N) is 1. The van der Waals surface area contributed by atoms with Gasteiger partial charge in [0.05, 0.1) is 12.1 Å². The Morgan fingerprint density at radius 2 is 2.05 bits per heavy atom. The SMILES string of the molecule is Cc1noc(CNc2nc(NN)nc3ccccc23)n1. The van der Waals surface area contributed by atoms with Crippen molar-refractivity contribution in [1.82, 2.24) is 20.1 Å². The Bertz CT molecular complexity index is 740. The minimum absolute atomic E-state index is 0.341. The summed E-state index contributed by atoms with van der Waals surface area (Å²) in [5, 5.41) is 7.77. The third kappa shape index (κ3) is 2.36. The molecule has 0 atom stereocenters. The predicted octanol–water partition coefficient (Wildman–Crippen LogP) is 1.22. The zero-order valence-corrected chi connectivity index (χ0v) is 10.8. The molecule has 0 saturated heterocycles. The Labute approximate surface area is 114 Å². The monoisotopic (exact) mass is 271 g/mol. The van der Waals surface area contributed by atoms with Crippen LogP contribution in [0.2, 0.25) is 0 Å². The van der Waals surface area contributed by atoms with Crippen LogP contribution in [0, 0.1) is 6.92 Å². The first-order valence-electron chi connectivity index (χ1n) is 6.03. The van der Waals surface area contributed by atoms with Crippen LogP contribution in [0.4, 0.5) is 11.8 Å². The number of nitrogens with one attached hydrogen (secondary N) is 2. The van der Waals surface area contributed by atoms with Gasteiger partial charge in [-0.15, -0.1) is 0 Å². The van der Waals surface area contributed by atoms with Gasteiger partial charge >= 0.3 is 0 Å². The number of hydrogen-bond acceptors (Lipinski definition) is 8. The van der Waals surface area contributed by atoms with Crippen molar-refractivity contribution < 1.29 is 4.52 Å². The van der Waals surface area contributed by atoms with Crippen LogP contribution in [0.1, 0.15) is 11.7 Å². The molecule has 0 amide bonds. The predicted molar refractivity (Wildman–Crippen MR) is 73.7 cm³/mol. The van der Waals surface area contributed by atoms with Crippen molar-refractivity contribution in [3.05, 3.63) is 36.0 Å². The van der Waals surface area contributed by atoms with Crippen molar-refractivity contribution >= 4 is 22.7 Å². The number of fused-ring (bicyclic) bond motifs is 1. The number of para-hydroxylation sites is 1. The molecule has 0 radical (unpaired) electrons. The van der Waals surface area contributed by atoms with Crippen LogP contribution in [0.25, 0.3) is 10.9 Å². The third-order valence-corrected chi connectivity index (χ3v) is 2.71. The van der Waals surface area contributed by atoms with E-state index in [4.69, 9.17) is 10.4 Å². The summed E-state index contributed by atoms with van der Waals surface area (Å²) in [6.45, 7) is 2.15. The highest BCUT2D eigenvalue weighted by molar-refractivity contribution is 5.89. The molecule has 3 rings (SSSR count). The molecule has 102 valence electrons. The van der Waals surface area contributed by atoms with Gasteiger partial charge in [0.2, 0.25) is 11.8 Å². The zero-order chi connectivity index (χ0) is 13.9. The van der Waals surface area contributed by atoms with Gasteiger partial charge in [-0.3, -0.25) is 5.43 Å². The van der Waals surface area contributed by atoms with Gasteiger partial charge in [0.15, 0.2) is 5.82 Å². The number of anilines is 2. The first-order valence-corrected chi connectivity index (χ1v) is 6.03. The lowest BCUT2D eigenvalue weighted by Gasteiger charge is -2.08. The summed E-state index contributed by atoms with van der Waals surface area (Å²) in [6.07, 6.45) is 0. The topological polar surface area (TPSA) is 115 Å². The molecule has 0 spiro atoms. The second-order valence-electron chi connectivity index (χ2n) is 4.15. The van der Waals surface area contributed by atoms with Crippen molar-refractivity contribution in [2.24, 2.45) is 5.84 Å². The highest BCUT2D eigenvalue weighted by Crippen LogP contribution is 2.21. The average Bonchev–Trinajstić information content (AvgIpc) is 2.90. The Hall–Kier alpha value is -2.74. The molecule has 0 aliphatic carbocycles. The summed E-state index contributed by atoms with van der Waals surface area (Å²) < 4.78 is 5.05. The van der Waals surface area contributed by atoms with E-state index in [0.717, 1.165) is 10.9 Å². The summed E-state index contributed by atoms with van der Waals surface area (Å²) in [5.41, 5.74) is 3.24. The van der Waals surface area contributed by atoms with E-state index in [-0.39, 0.29) is 0 Å². The van der Waals surface area contributed by atoms with E-state index < -0.39 is 0 Å². The molecule has 0 fully saturated rings. The molecular formula is C12H13N7O. The molecule has 8 nitrogen and oxygen atoms in total. The van der Waals surface area contributed by atoms with Gasteiger partial charge in [-0.05, 0) is 19.1 Å². The summed E-state index contributed by atoms with van der Waals surface area (Å²) >= 11 is 0. The van der Waals surface area contributed by atoms with E-state index in [1.54, 1.807) is 6.92 Å². The highest BCUT2D eigenvalue weighted by Gasteiger charge is 2.08. The van der Waals surface area contributed by atoms with Gasteiger partial charge in [-0.2, -0.15) is 9.97 Å². The smallest absolute Gasteiger partial charge is 0.245 e. The molecule has 8 heteroatoms. The van der Waals surface area contributed by atoms with E-state index >= 15 is 0 Å². The fourth-order valence-electron chi connectivity index (χ4n) is 1.85. The minimum Gasteiger partial charge on any atom is -0.360 e. The molecule has 3 aromatic rings. The lowest BCUT2D eigenvalue weighted by Crippen LogP contribution is -2.12. The first kappa shape index (κ1) is 12.3. The van der Waals surface area contributed by atoms with Crippen LogP contribution >= 0.6 is 0 Å². The lowest BCUT2D eigenvalue weighted by molar-refractivity contribution is 0.379. The molecule has 0 bridgehead atoms. The van der Waals surface area contributed by atoms with E-state index in [1.807, 2.05) is 24.3 Å². The van der Waals surface area contributed by atoms with E-state index in [2.05, 4.69) is 30.9 Å². The number of nitrogen functional groups attached to an aromatic ring is 1. The number of benzene rings is 1. The standard InChI is InChI=1S/C12H13N7O/c1-7-15-10(20-19-7)6-14-11-8-4-2-3-5-9(8)16-12(17-11)18-13/h2-5H,6,13H2,1H3,(H2,14,16,17,18). The Morgan fingerprint density at radius 1 is 1.20 bits per heavy atom. The summed E-state index contributed by atoms with van der Waals surface area (Å²) in [7, 11) is 0. The molecule has 4 N–H and O–H groups in total. The molecule has 2 heterocycles. The van der Waals surface area contributed by atoms with Crippen LogP contribution in [0.5, 0.6) is 0 Å². The normalized spacial score (nSPS) is 10.7. The van der Waals surface area contributed by atoms with Crippen molar-refractivity contribution in [2.45, 2.75) is 13.5 Å². The maximum absolute atomic E-state index is 5.38. The van der Waals surface area contributed by atoms with Crippen molar-refractivity contribution in [1.29, 1.82) is 0 Å². The van der Waals surface area contributed by atoms with Crippen molar-refractivity contribution in [3.63, 3.8) is 0 Å². The third-order valence-electron chi connectivity index (χ3n) is 2.71. The number of nitrogens with zero attached hydrogens (tertiary/aromatic N) is 4. The van der Waals surface area contributed by atoms with Gasteiger partial charge in [-0.25, -0.2) is 10.8 Å². The number of hydrogen-bond donors (Lipinski definition) is 3. The summed E-state index contributed by atoms with van der Waals surface area (Å²) in [4.78, 5) is 12.7. The number of aromatic nitrogens is 4. The van der Waals surface area contributed by atoms with Crippen LogP contribution in [-0.2, 0) is 6.54 Å². The fraction of sp³-hybridized carbons (Fsp3) is 0.167. The molecule has 1 aromatic carbocycles. The van der Waals surface area contributed by atoms with Crippen LogP contribution in [0.15, 0.2) is 28.8 Å². The van der Waals surface area contributed by atoms with Crippen LogP contribution in [0.3, 0.4) is 0 Å². The highest BCUT2D eigenvalue weighted by atomic mass is 16.5. The molecular weight excluding hydrogens is 258 g/mol. The average molecular weight is 271 g/mol. The Balaban J connectivity index is 1.93. The summed E-state index contributed by atoms with van der Waals surface area (Å²) in [6, 6.07) is 7.64. The second kappa shape index (κ2) is 5.10. The molecule has 2 aromatic heterocycles. The Kier molecular flexibility index (Phi) is 3.13. The van der Waals surface area contributed by atoms with Gasteiger partial charge in [0.1, 0.15) is 5.82 Å². The van der Waals surface area contributed by atoms with Crippen molar-refractivity contribution in [2.75, 3.05) is 10.7 Å². The second-order valence-corrected chi connectivity index (χ2v) is 4.15. The van der Waals surface area contributed by atoms with E-state index in [1.165, 1.54) is 0 Å². The van der Waals surface area contributed by atoms with Gasteiger partial charge in [-0.1, -0.05) is 17.3 Å². The molecule has 0 aliphatic rings. The molecule has 0 aliphatic heterocycles. The van der Waals surface area contributed by atoms with Crippen LogP contribution < -0.4 is 16.6 Å². The lowest BCUT2D eigenvalue weighted by atomic mass is 10.2. The van der Waals surface area contributed by atoms with E-state index in [0.29, 0.717) is 30.0 Å². The summed E-state index contributed by atoms with van der Waals surface area (Å²) in [5.74, 6) is 7.46. The maximum atomic E-state index is 5.38. The number of hydrazine groups is 1. The number of rotatable bonds is 4. The molecule has 0 unspecified atom stereocenters. The van der Waals surface area contributed by atoms with Crippen LogP contribution in [-0.4, -0.2) is 20.1 Å². The van der Waals surface area contributed by atoms with Gasteiger partial charge < -0.3 is 9.84 Å². The molecule has 0 saturated carbocycles. The Morgan fingerprint density at radius 3 is 2.80 bits per heavy atom.